The van der Waals surface area contributed by atoms with E-state index in [-0.39, 0.29) is 38.6 Å². The maximum Gasteiger partial charge on any atom is 0.472 e. The van der Waals surface area contributed by atoms with Crippen LogP contribution in [0.3, 0.4) is 0 Å². The second-order valence-corrected chi connectivity index (χ2v) is 29.8. The first kappa shape index (κ1) is 89.8. The summed E-state index contributed by atoms with van der Waals surface area (Å²) in [5.74, 6) is -0.795. The molecule has 0 radical (unpaired) electrons. The van der Waals surface area contributed by atoms with Crippen LogP contribution in [0.1, 0.15) is 463 Å². The average Bonchev–Trinajstić information content (AvgIpc) is 3.74. The molecule has 0 bridgehead atoms. The number of hydrogen-bond donors (Lipinski definition) is 2. The normalized spacial score (nSPS) is 12.8. The summed E-state index contributed by atoms with van der Waals surface area (Å²) in [5, 5.41) is 0. The Morgan fingerprint density at radius 1 is 0.319 bits per heavy atom. The first-order valence-electron chi connectivity index (χ1n) is 41.2. The lowest BCUT2D eigenvalue weighted by Gasteiger charge is -2.19. The van der Waals surface area contributed by atoms with Crippen LogP contribution < -0.4 is 5.73 Å². The standard InChI is InChI=1S/C81H160NO8P/c1-3-5-7-9-11-13-15-17-19-21-23-25-27-29-31-33-34-35-36-37-38-39-40-41-42-43-44-46-48-50-52-54-56-58-60-62-64-66-68-70-72-74-81(84)90-79(78-89-91(85,86)88-76-75-82)77-87-80(83)73-71-69-67-65-63-61-59-57-55-53-51-49-47-45-32-30-28-26-24-22-20-18-16-14-12-10-8-6-4-2/h21,23,79H,3-20,22,24-78,82H2,1-2H3,(H,85,86)/b23-21-. The van der Waals surface area contributed by atoms with Crippen molar-refractivity contribution in [3.05, 3.63) is 12.2 Å². The van der Waals surface area contributed by atoms with E-state index in [0.29, 0.717) is 6.42 Å². The Bertz CT molecular complexity index is 1500. The molecule has 0 amide bonds. The number of phosphoric acid groups is 1. The number of nitrogens with two attached hydrogens (primary N) is 1. The van der Waals surface area contributed by atoms with Gasteiger partial charge in [0.05, 0.1) is 13.2 Å². The topological polar surface area (TPSA) is 134 Å². The SMILES string of the molecule is CCCCCCCCCC/C=C\CCCCCCCCCCCCCCCCCCCCCCCCCCCCCCCC(=O)OC(COC(=O)CCCCCCCCCCCCCCCCCCCCCCCCCCCCCCC)COP(=O)(O)OCCN. The van der Waals surface area contributed by atoms with Gasteiger partial charge in [0.1, 0.15) is 6.61 Å². The molecule has 2 unspecified atom stereocenters. The molecule has 0 aliphatic carbocycles. The van der Waals surface area contributed by atoms with E-state index in [4.69, 9.17) is 24.3 Å². The molecule has 3 N–H and O–H groups in total. The van der Waals surface area contributed by atoms with Crippen LogP contribution in [-0.4, -0.2) is 49.3 Å². The number of unbranched alkanes of at least 4 members (excludes halogenated alkanes) is 65. The molecule has 2 atom stereocenters. The van der Waals surface area contributed by atoms with Crippen molar-refractivity contribution in [1.82, 2.24) is 0 Å². The van der Waals surface area contributed by atoms with Crippen LogP contribution in [0.15, 0.2) is 12.2 Å². The minimum Gasteiger partial charge on any atom is -0.462 e. The fraction of sp³-hybridized carbons (Fsp3) is 0.951. The van der Waals surface area contributed by atoms with Crippen LogP contribution in [-0.2, 0) is 32.7 Å². The fourth-order valence-electron chi connectivity index (χ4n) is 13.1. The van der Waals surface area contributed by atoms with Crippen molar-refractivity contribution >= 4 is 19.8 Å². The van der Waals surface area contributed by atoms with E-state index < -0.39 is 26.5 Å². The number of carbonyl (C=O) groups excluding carboxylic acids is 2. The number of hydrogen-bond acceptors (Lipinski definition) is 8. The molecule has 10 heteroatoms. The minimum absolute atomic E-state index is 0.0584. The summed E-state index contributed by atoms with van der Waals surface area (Å²) in [6.07, 6.45) is 96.6. The van der Waals surface area contributed by atoms with E-state index in [0.717, 1.165) is 32.1 Å². The molecule has 0 saturated heterocycles. The Hall–Kier alpha value is -1.25. The monoisotopic (exact) mass is 1310 g/mol. The van der Waals surface area contributed by atoms with Crippen molar-refractivity contribution in [3.8, 4) is 0 Å². The third-order valence-corrected chi connectivity index (χ3v) is 20.1. The van der Waals surface area contributed by atoms with Gasteiger partial charge in [-0.3, -0.25) is 18.6 Å². The molecule has 0 aliphatic rings. The Morgan fingerprint density at radius 3 is 0.780 bits per heavy atom. The van der Waals surface area contributed by atoms with Gasteiger partial charge in [-0.1, -0.05) is 424 Å². The highest BCUT2D eigenvalue weighted by atomic mass is 31.2. The molecule has 542 valence electrons. The fourth-order valence-corrected chi connectivity index (χ4v) is 13.8. The van der Waals surface area contributed by atoms with E-state index in [2.05, 4.69) is 26.0 Å². The van der Waals surface area contributed by atoms with Crippen molar-refractivity contribution in [3.63, 3.8) is 0 Å². The molecule has 0 aromatic rings. The van der Waals surface area contributed by atoms with Gasteiger partial charge in [0, 0.05) is 19.4 Å². The largest absolute Gasteiger partial charge is 0.472 e. The summed E-state index contributed by atoms with van der Waals surface area (Å²) in [5.41, 5.74) is 5.42. The number of carbonyl (C=O) groups is 2. The molecule has 0 aliphatic heterocycles. The van der Waals surface area contributed by atoms with Gasteiger partial charge in [-0.25, -0.2) is 4.57 Å². The van der Waals surface area contributed by atoms with Gasteiger partial charge in [0.25, 0.3) is 0 Å². The van der Waals surface area contributed by atoms with Gasteiger partial charge in [-0.05, 0) is 38.5 Å². The van der Waals surface area contributed by atoms with E-state index in [1.54, 1.807) is 0 Å². The Kier molecular flexibility index (Phi) is 76.7. The lowest BCUT2D eigenvalue weighted by molar-refractivity contribution is -0.161. The van der Waals surface area contributed by atoms with E-state index in [1.165, 1.54) is 398 Å². The molecule has 0 fully saturated rings. The van der Waals surface area contributed by atoms with Crippen LogP contribution in [0.25, 0.3) is 0 Å². The Labute approximate surface area is 568 Å². The zero-order valence-electron chi connectivity index (χ0n) is 61.4. The molecule has 9 nitrogen and oxygen atoms in total. The Morgan fingerprint density at radius 2 is 0.538 bits per heavy atom. The van der Waals surface area contributed by atoms with E-state index >= 15 is 0 Å². The highest BCUT2D eigenvalue weighted by molar-refractivity contribution is 7.47. The number of phosphoric ester groups is 1. The summed E-state index contributed by atoms with van der Waals surface area (Å²) in [7, 11) is -4.39. The molecular weight excluding hydrogens is 1150 g/mol. The van der Waals surface area contributed by atoms with Gasteiger partial charge in [-0.2, -0.15) is 0 Å². The van der Waals surface area contributed by atoms with Crippen LogP contribution in [0.2, 0.25) is 0 Å². The second kappa shape index (κ2) is 77.8. The maximum absolute atomic E-state index is 12.8. The van der Waals surface area contributed by atoms with Crippen LogP contribution in [0, 0.1) is 0 Å². The first-order chi connectivity index (χ1) is 44.8. The van der Waals surface area contributed by atoms with Crippen molar-refractivity contribution in [1.29, 1.82) is 0 Å². The lowest BCUT2D eigenvalue weighted by Crippen LogP contribution is -2.29. The van der Waals surface area contributed by atoms with Crippen molar-refractivity contribution in [2.45, 2.75) is 469 Å². The van der Waals surface area contributed by atoms with E-state index in [1.807, 2.05) is 0 Å². The van der Waals surface area contributed by atoms with Gasteiger partial charge < -0.3 is 20.1 Å². The predicted octanol–water partition coefficient (Wildman–Crippen LogP) is 27.4. The van der Waals surface area contributed by atoms with Gasteiger partial charge in [0.2, 0.25) is 0 Å². The highest BCUT2D eigenvalue weighted by Crippen LogP contribution is 2.43. The van der Waals surface area contributed by atoms with Crippen LogP contribution in [0.5, 0.6) is 0 Å². The first-order valence-corrected chi connectivity index (χ1v) is 42.7. The Balaban J connectivity index is 3.70. The molecule has 0 aromatic heterocycles. The summed E-state index contributed by atoms with van der Waals surface area (Å²) in [6, 6.07) is 0. The van der Waals surface area contributed by atoms with Crippen LogP contribution >= 0.6 is 7.82 Å². The van der Waals surface area contributed by atoms with Crippen molar-refractivity contribution in [2.75, 3.05) is 26.4 Å². The average molecular weight is 1310 g/mol. The number of rotatable bonds is 80. The van der Waals surface area contributed by atoms with Crippen molar-refractivity contribution in [2.24, 2.45) is 5.73 Å². The number of esters is 2. The smallest absolute Gasteiger partial charge is 0.462 e. The molecule has 0 spiro atoms. The zero-order chi connectivity index (χ0) is 65.8. The molecule has 91 heavy (non-hydrogen) atoms. The summed E-state index contributed by atoms with van der Waals surface area (Å²) in [6.45, 7) is 3.85. The molecular formula is C81H160NO8P. The predicted molar refractivity (Wildman–Crippen MR) is 395 cm³/mol. The van der Waals surface area contributed by atoms with Gasteiger partial charge >= 0.3 is 19.8 Å². The zero-order valence-corrected chi connectivity index (χ0v) is 62.3. The quantitative estimate of drug-likeness (QED) is 0.0264. The van der Waals surface area contributed by atoms with Gasteiger partial charge in [0.15, 0.2) is 6.10 Å². The van der Waals surface area contributed by atoms with Crippen molar-refractivity contribution < 1.29 is 37.6 Å². The third kappa shape index (κ3) is 77.6. The lowest BCUT2D eigenvalue weighted by atomic mass is 10.0. The number of ether oxygens (including phenoxy) is 2. The summed E-state index contributed by atoms with van der Waals surface area (Å²) in [4.78, 5) is 35.5. The summed E-state index contributed by atoms with van der Waals surface area (Å²) < 4.78 is 33.3. The van der Waals surface area contributed by atoms with E-state index in [9.17, 15) is 19.0 Å². The highest BCUT2D eigenvalue weighted by Gasteiger charge is 2.26. The summed E-state index contributed by atoms with van der Waals surface area (Å²) >= 11 is 0. The van der Waals surface area contributed by atoms with Crippen LogP contribution in [0.4, 0.5) is 0 Å². The minimum atomic E-state index is -4.39. The molecule has 0 saturated carbocycles. The molecule has 0 rings (SSSR count). The molecule has 0 heterocycles. The third-order valence-electron chi connectivity index (χ3n) is 19.2. The molecule has 0 aromatic carbocycles. The maximum atomic E-state index is 12.8. The van der Waals surface area contributed by atoms with Gasteiger partial charge in [-0.15, -0.1) is 0 Å². The second-order valence-electron chi connectivity index (χ2n) is 28.4. The number of allylic oxidation sites excluding steroid dienone is 2.